The van der Waals surface area contributed by atoms with E-state index in [4.69, 9.17) is 5.73 Å². The van der Waals surface area contributed by atoms with E-state index >= 15 is 0 Å². The van der Waals surface area contributed by atoms with Crippen molar-refractivity contribution in [1.82, 2.24) is 16.0 Å². The molecule has 1 fully saturated rings. The summed E-state index contributed by atoms with van der Waals surface area (Å²) in [5, 5.41) is 10.3. The third-order valence-electron chi connectivity index (χ3n) is 4.24. The van der Waals surface area contributed by atoms with Gasteiger partial charge in [0, 0.05) is 11.3 Å². The fraction of sp³-hybridized carbons (Fsp3) is 0.211. The smallest absolute Gasteiger partial charge is 0.252 e. The lowest BCUT2D eigenvalue weighted by Crippen LogP contribution is -2.70. The molecule has 0 aliphatic carbocycles. The van der Waals surface area contributed by atoms with Gasteiger partial charge in [0.05, 0.1) is 11.9 Å². The van der Waals surface area contributed by atoms with Crippen LogP contribution in [0.5, 0.6) is 0 Å². The van der Waals surface area contributed by atoms with Gasteiger partial charge in [-0.05, 0) is 42.5 Å². The molecule has 2 aromatic rings. The minimum atomic E-state index is -1.20. The summed E-state index contributed by atoms with van der Waals surface area (Å²) in [6, 6.07) is 6.65. The van der Waals surface area contributed by atoms with Gasteiger partial charge in [-0.2, -0.15) is 0 Å². The van der Waals surface area contributed by atoms with Gasteiger partial charge >= 0.3 is 0 Å². The van der Waals surface area contributed by atoms with E-state index in [9.17, 15) is 27.6 Å². The Hall–Kier alpha value is -3.09. The number of nitrogens with two attached hydrogens (primary N) is 1. The van der Waals surface area contributed by atoms with Gasteiger partial charge in [0.1, 0.15) is 17.4 Å². The lowest BCUT2D eigenvalue weighted by molar-refractivity contribution is -0.125. The number of nitrogens with one attached hydrogen (secondary N) is 4. The van der Waals surface area contributed by atoms with Gasteiger partial charge in [0.15, 0.2) is 11.6 Å². The van der Waals surface area contributed by atoms with Crippen LogP contribution in [0.25, 0.3) is 0 Å². The van der Waals surface area contributed by atoms with Gasteiger partial charge < -0.3 is 21.7 Å². The molecule has 3 atom stereocenters. The fourth-order valence-electron chi connectivity index (χ4n) is 2.69. The van der Waals surface area contributed by atoms with Crippen LogP contribution in [-0.2, 0) is 9.59 Å². The summed E-state index contributed by atoms with van der Waals surface area (Å²) in [6.45, 7) is 0. The molecule has 0 spiro atoms. The first-order valence-corrected chi connectivity index (χ1v) is 10.0. The van der Waals surface area contributed by atoms with Crippen LogP contribution in [0.4, 0.5) is 18.9 Å². The summed E-state index contributed by atoms with van der Waals surface area (Å²) in [5.74, 6) is -4.57. The highest BCUT2D eigenvalue weighted by Gasteiger charge is 2.35. The number of hydrogen-bond acceptors (Lipinski definition) is 6. The van der Waals surface area contributed by atoms with E-state index in [1.54, 1.807) is 0 Å². The maximum Gasteiger partial charge on any atom is 0.252 e. The normalized spacial score (nSPS) is 20.6. The monoisotopic (exact) mass is 453 g/mol. The molecule has 1 heterocycles. The zero-order valence-electron chi connectivity index (χ0n) is 15.8. The molecular weight excluding hydrogens is 435 g/mol. The number of amides is 3. The van der Waals surface area contributed by atoms with Crippen LogP contribution >= 0.6 is 11.8 Å². The van der Waals surface area contributed by atoms with E-state index in [0.717, 1.165) is 23.9 Å². The molecule has 1 aliphatic heterocycles. The lowest BCUT2D eigenvalue weighted by atomic mass is 10.1. The van der Waals surface area contributed by atoms with Crippen LogP contribution in [0.2, 0.25) is 0 Å². The first kappa shape index (κ1) is 22.6. The van der Waals surface area contributed by atoms with E-state index in [-0.39, 0.29) is 17.2 Å². The number of anilines is 1. The number of thioether (sulfide) groups is 1. The third kappa shape index (κ3) is 5.96. The second-order valence-corrected chi connectivity index (χ2v) is 7.62. The fourth-order valence-corrected chi connectivity index (χ4v) is 3.53. The van der Waals surface area contributed by atoms with Gasteiger partial charge in [-0.25, -0.2) is 13.2 Å². The van der Waals surface area contributed by atoms with E-state index in [1.807, 2.05) is 0 Å². The molecule has 6 N–H and O–H groups in total. The highest BCUT2D eigenvalue weighted by molar-refractivity contribution is 8.00. The van der Waals surface area contributed by atoms with E-state index in [0.29, 0.717) is 11.8 Å². The summed E-state index contributed by atoms with van der Waals surface area (Å²) in [4.78, 5) is 36.6. The van der Waals surface area contributed by atoms with Crippen LogP contribution in [0.3, 0.4) is 0 Å². The van der Waals surface area contributed by atoms with Crippen molar-refractivity contribution in [1.29, 1.82) is 0 Å². The molecule has 1 aliphatic rings. The summed E-state index contributed by atoms with van der Waals surface area (Å²) < 4.78 is 39.2. The predicted molar refractivity (Wildman–Crippen MR) is 108 cm³/mol. The zero-order valence-corrected chi connectivity index (χ0v) is 16.6. The number of halogens is 3. The first-order chi connectivity index (χ1) is 14.7. The Balaban J connectivity index is 1.50. The third-order valence-corrected chi connectivity index (χ3v) is 5.25. The second kappa shape index (κ2) is 9.81. The van der Waals surface area contributed by atoms with Crippen molar-refractivity contribution in [3.63, 3.8) is 0 Å². The van der Waals surface area contributed by atoms with Crippen molar-refractivity contribution in [3.05, 3.63) is 65.5 Å². The molecule has 0 radical (unpaired) electrons. The lowest BCUT2D eigenvalue weighted by Gasteiger charge is -2.35. The minimum Gasteiger partial charge on any atom is -0.338 e. The number of hydrogen-bond donors (Lipinski definition) is 5. The average Bonchev–Trinajstić information content (AvgIpc) is 2.72. The van der Waals surface area contributed by atoms with E-state index in [2.05, 4.69) is 21.3 Å². The van der Waals surface area contributed by atoms with Gasteiger partial charge in [-0.1, -0.05) is 0 Å². The van der Waals surface area contributed by atoms with E-state index in [1.165, 1.54) is 24.3 Å². The van der Waals surface area contributed by atoms with Crippen molar-refractivity contribution in [2.24, 2.45) is 5.73 Å². The highest BCUT2D eigenvalue weighted by Crippen LogP contribution is 2.14. The van der Waals surface area contributed by atoms with Gasteiger partial charge in [0.25, 0.3) is 5.91 Å². The van der Waals surface area contributed by atoms with E-state index < -0.39 is 47.0 Å². The second-order valence-electron chi connectivity index (χ2n) is 6.53. The van der Waals surface area contributed by atoms with Crippen LogP contribution < -0.4 is 27.0 Å². The Morgan fingerprint density at radius 1 is 1.06 bits per heavy atom. The van der Waals surface area contributed by atoms with Crippen LogP contribution in [-0.4, -0.2) is 41.2 Å². The molecule has 2 aromatic carbocycles. The van der Waals surface area contributed by atoms with Crippen molar-refractivity contribution in [3.8, 4) is 0 Å². The Morgan fingerprint density at radius 2 is 1.77 bits per heavy atom. The number of carbonyl (C=O) groups excluding carboxylic acids is 3. The summed E-state index contributed by atoms with van der Waals surface area (Å²) >= 11 is 1.04. The highest BCUT2D eigenvalue weighted by atomic mass is 32.2. The molecule has 3 unspecified atom stereocenters. The Labute approximate surface area is 179 Å². The molecule has 12 heteroatoms. The molecule has 8 nitrogen and oxygen atoms in total. The van der Waals surface area contributed by atoms with Gasteiger partial charge in [0.2, 0.25) is 11.8 Å². The molecule has 0 saturated carbocycles. The average molecular weight is 453 g/mol. The molecular formula is C19H18F3N5O3S. The summed E-state index contributed by atoms with van der Waals surface area (Å²) in [7, 11) is 0. The molecule has 1 saturated heterocycles. The predicted octanol–water partition coefficient (Wildman–Crippen LogP) is 0.862. The first-order valence-electron chi connectivity index (χ1n) is 8.98. The molecule has 0 aromatic heterocycles. The van der Waals surface area contributed by atoms with Crippen molar-refractivity contribution in [2.75, 3.05) is 11.1 Å². The molecule has 31 heavy (non-hydrogen) atoms. The van der Waals surface area contributed by atoms with Crippen molar-refractivity contribution in [2.45, 2.75) is 17.7 Å². The number of carbonyl (C=O) groups is 3. The van der Waals surface area contributed by atoms with Crippen LogP contribution in [0.1, 0.15) is 10.4 Å². The van der Waals surface area contributed by atoms with Gasteiger partial charge in [-0.15, -0.1) is 11.8 Å². The number of benzene rings is 2. The molecule has 3 amide bonds. The summed E-state index contributed by atoms with van der Waals surface area (Å²) in [5.41, 5.74) is 5.45. The summed E-state index contributed by atoms with van der Waals surface area (Å²) in [6.07, 6.45) is -0.999. The van der Waals surface area contributed by atoms with Crippen molar-refractivity contribution >= 4 is 35.2 Å². The molecule has 3 rings (SSSR count). The maximum atomic E-state index is 13.3. The topological polar surface area (TPSA) is 125 Å². The maximum absolute atomic E-state index is 13.3. The Kier molecular flexibility index (Phi) is 7.15. The Morgan fingerprint density at radius 3 is 2.42 bits per heavy atom. The zero-order chi connectivity index (χ0) is 22.5. The minimum absolute atomic E-state index is 0.0477. The largest absolute Gasteiger partial charge is 0.338 e. The molecule has 164 valence electrons. The standard InChI is InChI=1S/C19H18F3N5O3S/c20-10-2-4-11(5-3-10)24-14(28)8-31-19-26-16(23)15(18(30)27-19)25-17(29)9-1-6-12(21)13(22)7-9/h1-7,15-16,19,26H,8,23H2,(H,24,28)(H,25,29)(H,27,30). The van der Waals surface area contributed by atoms with Crippen LogP contribution in [0, 0.1) is 17.5 Å². The Bertz CT molecular complexity index is 992. The SMILES string of the molecule is NC1NC(SCC(=O)Nc2ccc(F)cc2)NC(=O)C1NC(=O)c1ccc(F)c(F)c1. The van der Waals surface area contributed by atoms with Gasteiger partial charge in [-0.3, -0.25) is 19.7 Å². The van der Waals surface area contributed by atoms with Crippen LogP contribution in [0.15, 0.2) is 42.5 Å². The molecule has 0 bridgehead atoms. The quantitative estimate of drug-likeness (QED) is 0.442. The van der Waals surface area contributed by atoms with Crippen molar-refractivity contribution < 1.29 is 27.6 Å². The number of rotatable bonds is 6.